The normalized spacial score (nSPS) is 12.0. The molecule has 0 saturated carbocycles. The van der Waals surface area contributed by atoms with E-state index in [1.807, 2.05) is 19.1 Å². The summed E-state index contributed by atoms with van der Waals surface area (Å²) in [5.41, 5.74) is 1.97. The maximum Gasteiger partial charge on any atom is 0.305 e. The zero-order valence-corrected chi connectivity index (χ0v) is 30.1. The Hall–Kier alpha value is -3.04. The number of benzene rings is 1. The van der Waals surface area contributed by atoms with Crippen molar-refractivity contribution in [3.63, 3.8) is 0 Å². The summed E-state index contributed by atoms with van der Waals surface area (Å²) in [7, 11) is 0. The second kappa shape index (κ2) is 21.8. The van der Waals surface area contributed by atoms with Crippen molar-refractivity contribution in [2.45, 2.75) is 117 Å². The van der Waals surface area contributed by atoms with Gasteiger partial charge in [-0.15, -0.1) is 0 Å². The van der Waals surface area contributed by atoms with Gasteiger partial charge in [0, 0.05) is 19.2 Å². The molecule has 0 radical (unpaired) electrons. The summed E-state index contributed by atoms with van der Waals surface area (Å²) in [5, 5.41) is 18.4. The average Bonchev–Trinajstić information content (AvgIpc) is 2.98. The van der Waals surface area contributed by atoms with Crippen LogP contribution in [0.4, 0.5) is 5.82 Å². The molecule has 262 valence electrons. The van der Waals surface area contributed by atoms with Gasteiger partial charge in [0.25, 0.3) is 0 Å². The first-order valence-electron chi connectivity index (χ1n) is 16.9. The minimum Gasteiger partial charge on any atom is -0.490 e. The highest BCUT2D eigenvalue weighted by molar-refractivity contribution is 6.37. The number of hydrogen-bond donors (Lipinski definition) is 4. The van der Waals surface area contributed by atoms with Crippen LogP contribution in [0.1, 0.15) is 121 Å². The number of aromatic nitrogens is 1. The van der Waals surface area contributed by atoms with Gasteiger partial charge in [-0.1, -0.05) is 88.9 Å². The highest BCUT2D eigenvalue weighted by Crippen LogP contribution is 2.36. The standard InChI is InChI=1S/C36H54Cl2N4O5/c1-26-16-19-40-31(21-26)39-18-13-11-15-32(43)41-25-33(44)42-30(24-34(45)46)27-22-28(37)35(29(38)23-27)47-20-14-10-8-6-5-7-9-12-17-36(2,3)4/h16,19,21-23,30H,5-15,17-18,20,24-25H2,1-4H3,(H,39,40)(H,41,43)(H,42,44)(H,45,46). The molecule has 1 atom stereocenters. The molecule has 2 rings (SSSR count). The van der Waals surface area contributed by atoms with Crippen LogP contribution in [0.25, 0.3) is 0 Å². The number of pyridine rings is 1. The molecule has 1 unspecified atom stereocenters. The Morgan fingerprint density at radius 1 is 0.894 bits per heavy atom. The topological polar surface area (TPSA) is 130 Å². The summed E-state index contributed by atoms with van der Waals surface area (Å²) in [5.74, 6) is -0.752. The Labute approximate surface area is 290 Å². The number of carboxylic acids is 1. The number of amides is 2. The monoisotopic (exact) mass is 692 g/mol. The highest BCUT2D eigenvalue weighted by Gasteiger charge is 2.21. The van der Waals surface area contributed by atoms with Crippen molar-refractivity contribution in [1.82, 2.24) is 15.6 Å². The zero-order valence-electron chi connectivity index (χ0n) is 28.6. The molecule has 2 aromatic rings. The van der Waals surface area contributed by atoms with Crippen LogP contribution in [-0.2, 0) is 14.4 Å². The van der Waals surface area contributed by atoms with Crippen LogP contribution in [0.5, 0.6) is 5.75 Å². The van der Waals surface area contributed by atoms with Gasteiger partial charge < -0.3 is 25.8 Å². The van der Waals surface area contributed by atoms with Gasteiger partial charge in [0.1, 0.15) is 5.82 Å². The van der Waals surface area contributed by atoms with Gasteiger partial charge in [-0.05, 0) is 73.4 Å². The molecular formula is C36H54Cl2N4O5. The first-order valence-corrected chi connectivity index (χ1v) is 17.7. The number of carbonyl (C=O) groups is 3. The SMILES string of the molecule is Cc1ccnc(NCCCCC(=O)NCC(=O)NC(CC(=O)O)c2cc(Cl)c(OCCCCCCCCCCC(C)(C)C)c(Cl)c2)c1. The van der Waals surface area contributed by atoms with E-state index in [2.05, 4.69) is 41.7 Å². The molecule has 0 spiro atoms. The van der Waals surface area contributed by atoms with Gasteiger partial charge in [0.15, 0.2) is 5.75 Å². The summed E-state index contributed by atoms with van der Waals surface area (Å²) >= 11 is 13.0. The predicted molar refractivity (Wildman–Crippen MR) is 190 cm³/mol. The first kappa shape index (κ1) is 40.1. The molecule has 0 bridgehead atoms. The summed E-state index contributed by atoms with van der Waals surface area (Å²) < 4.78 is 5.87. The lowest BCUT2D eigenvalue weighted by Crippen LogP contribution is -2.39. The molecule has 1 aromatic heterocycles. The summed E-state index contributed by atoms with van der Waals surface area (Å²) in [6, 6.07) is 6.11. The number of rotatable bonds is 23. The number of hydrogen-bond acceptors (Lipinski definition) is 6. The zero-order chi connectivity index (χ0) is 34.7. The minimum absolute atomic E-state index is 0.244. The predicted octanol–water partition coefficient (Wildman–Crippen LogP) is 8.66. The van der Waals surface area contributed by atoms with Crippen LogP contribution in [0.3, 0.4) is 0 Å². The van der Waals surface area contributed by atoms with Crippen molar-refractivity contribution >= 4 is 46.8 Å². The van der Waals surface area contributed by atoms with Crippen LogP contribution in [0.2, 0.25) is 10.0 Å². The third-order valence-electron chi connectivity index (χ3n) is 7.70. The Morgan fingerprint density at radius 2 is 1.53 bits per heavy atom. The van der Waals surface area contributed by atoms with Crippen LogP contribution < -0.4 is 20.7 Å². The molecule has 47 heavy (non-hydrogen) atoms. The van der Waals surface area contributed by atoms with Gasteiger partial charge in [-0.25, -0.2) is 4.98 Å². The maximum atomic E-state index is 12.6. The van der Waals surface area contributed by atoms with Crippen molar-refractivity contribution in [1.29, 1.82) is 0 Å². The van der Waals surface area contributed by atoms with E-state index in [0.29, 0.717) is 36.3 Å². The molecule has 0 aliphatic rings. The molecule has 0 aliphatic carbocycles. The van der Waals surface area contributed by atoms with Gasteiger partial charge >= 0.3 is 5.97 Å². The smallest absolute Gasteiger partial charge is 0.305 e. The van der Waals surface area contributed by atoms with Gasteiger partial charge in [0.05, 0.1) is 35.7 Å². The lowest BCUT2D eigenvalue weighted by Gasteiger charge is -2.20. The second-order valence-corrected chi connectivity index (χ2v) is 14.2. The van der Waals surface area contributed by atoms with Crippen LogP contribution in [-0.4, -0.2) is 47.6 Å². The highest BCUT2D eigenvalue weighted by atomic mass is 35.5. The lowest BCUT2D eigenvalue weighted by molar-refractivity contribution is -0.138. The number of aryl methyl sites for hydroxylation is 1. The Morgan fingerprint density at radius 3 is 2.15 bits per heavy atom. The maximum absolute atomic E-state index is 12.6. The van der Waals surface area contributed by atoms with Crippen molar-refractivity contribution in [3.8, 4) is 5.75 Å². The van der Waals surface area contributed by atoms with Crippen LogP contribution >= 0.6 is 23.2 Å². The number of carbonyl (C=O) groups excluding carboxylic acids is 2. The van der Waals surface area contributed by atoms with E-state index in [4.69, 9.17) is 27.9 Å². The molecule has 9 nitrogen and oxygen atoms in total. The molecule has 1 heterocycles. The molecule has 0 saturated heterocycles. The largest absolute Gasteiger partial charge is 0.490 e. The number of ether oxygens (including phenoxy) is 1. The Balaban J connectivity index is 1.72. The van der Waals surface area contributed by atoms with Gasteiger partial charge in [-0.2, -0.15) is 0 Å². The third kappa shape index (κ3) is 18.2. The molecule has 4 N–H and O–H groups in total. The number of nitrogens with zero attached hydrogens (tertiary/aromatic N) is 1. The summed E-state index contributed by atoms with van der Waals surface area (Å²) in [4.78, 5) is 40.7. The molecular weight excluding hydrogens is 639 g/mol. The molecule has 11 heteroatoms. The van der Waals surface area contributed by atoms with Crippen molar-refractivity contribution in [2.75, 3.05) is 25.0 Å². The first-order chi connectivity index (χ1) is 22.3. The van der Waals surface area contributed by atoms with Crippen molar-refractivity contribution in [2.24, 2.45) is 5.41 Å². The number of carboxylic acid groups (broad SMARTS) is 1. The third-order valence-corrected chi connectivity index (χ3v) is 8.26. The van der Waals surface area contributed by atoms with E-state index >= 15 is 0 Å². The van der Waals surface area contributed by atoms with Crippen LogP contribution in [0.15, 0.2) is 30.5 Å². The minimum atomic E-state index is -1.11. The summed E-state index contributed by atoms with van der Waals surface area (Å²) in [6.45, 7) is 9.74. The fourth-order valence-electron chi connectivity index (χ4n) is 5.11. The second-order valence-electron chi connectivity index (χ2n) is 13.4. The quantitative estimate of drug-likeness (QED) is 0.0858. The van der Waals surface area contributed by atoms with E-state index in [1.54, 1.807) is 18.3 Å². The van der Waals surface area contributed by atoms with Crippen LogP contribution in [0, 0.1) is 12.3 Å². The number of aliphatic carboxylic acids is 1. The van der Waals surface area contributed by atoms with E-state index in [-0.39, 0.29) is 35.3 Å². The molecule has 1 aromatic carbocycles. The van der Waals surface area contributed by atoms with E-state index in [0.717, 1.165) is 37.1 Å². The number of anilines is 1. The van der Waals surface area contributed by atoms with Crippen molar-refractivity contribution in [3.05, 3.63) is 51.6 Å². The van der Waals surface area contributed by atoms with Crippen molar-refractivity contribution < 1.29 is 24.2 Å². The van der Waals surface area contributed by atoms with E-state index < -0.39 is 17.9 Å². The molecule has 2 amide bonds. The summed E-state index contributed by atoms with van der Waals surface area (Å²) in [6.07, 6.45) is 13.7. The average molecular weight is 694 g/mol. The lowest BCUT2D eigenvalue weighted by atomic mass is 9.89. The fourth-order valence-corrected chi connectivity index (χ4v) is 5.72. The number of halogens is 2. The van der Waals surface area contributed by atoms with Gasteiger partial charge in [-0.3, -0.25) is 14.4 Å². The number of unbranched alkanes of at least 4 members (excludes halogenated alkanes) is 8. The Bertz CT molecular complexity index is 1250. The molecule has 0 aliphatic heterocycles. The number of nitrogens with one attached hydrogen (secondary N) is 3. The van der Waals surface area contributed by atoms with E-state index in [1.165, 1.54) is 38.5 Å². The van der Waals surface area contributed by atoms with Gasteiger partial charge in [0.2, 0.25) is 11.8 Å². The Kier molecular flexibility index (Phi) is 18.6. The fraction of sp³-hybridized carbons (Fsp3) is 0.611. The van der Waals surface area contributed by atoms with E-state index in [9.17, 15) is 19.5 Å². The molecule has 0 fully saturated rings.